The van der Waals surface area contributed by atoms with Crippen molar-refractivity contribution in [1.29, 1.82) is 5.26 Å². The summed E-state index contributed by atoms with van der Waals surface area (Å²) in [6.07, 6.45) is 4.07. The average Bonchev–Trinajstić information content (AvgIpc) is 3.11. The van der Waals surface area contributed by atoms with E-state index in [0.29, 0.717) is 10.6 Å². The van der Waals surface area contributed by atoms with Gasteiger partial charge < -0.3 is 10.6 Å². The van der Waals surface area contributed by atoms with E-state index in [4.69, 9.17) is 0 Å². The monoisotopic (exact) mass is 371 g/mol. The summed E-state index contributed by atoms with van der Waals surface area (Å²) < 4.78 is 0. The van der Waals surface area contributed by atoms with Gasteiger partial charge in [-0.15, -0.1) is 22.7 Å². The zero-order valence-electron chi connectivity index (χ0n) is 14.8. The van der Waals surface area contributed by atoms with Gasteiger partial charge in [-0.25, -0.2) is 0 Å². The number of thiophene rings is 2. The maximum Gasteiger partial charge on any atom is 0.249 e. The number of nitrogens with zero attached hydrogens (tertiary/aromatic N) is 1. The molecule has 2 aromatic heterocycles. The first-order chi connectivity index (χ1) is 11.7. The molecule has 6 heteroatoms. The Morgan fingerprint density at radius 1 is 1.40 bits per heavy atom. The van der Waals surface area contributed by atoms with Crippen LogP contribution in [0.25, 0.3) is 6.08 Å². The summed E-state index contributed by atoms with van der Waals surface area (Å²) in [4.78, 5) is 14.4. The largest absolute Gasteiger partial charge is 0.313 e. The van der Waals surface area contributed by atoms with Crippen LogP contribution in [0.4, 0.5) is 5.00 Å². The van der Waals surface area contributed by atoms with E-state index in [0.717, 1.165) is 21.7 Å². The van der Waals surface area contributed by atoms with E-state index in [1.165, 1.54) is 17.4 Å². The van der Waals surface area contributed by atoms with Crippen LogP contribution in [0.15, 0.2) is 23.6 Å². The highest BCUT2D eigenvalue weighted by Crippen LogP contribution is 2.44. The zero-order valence-corrected chi connectivity index (χ0v) is 16.4. The summed E-state index contributed by atoms with van der Waals surface area (Å²) in [5.74, 6) is -0.214. The van der Waals surface area contributed by atoms with E-state index in [2.05, 4.69) is 44.4 Å². The number of carbonyl (C=O) groups is 1. The predicted molar refractivity (Wildman–Crippen MR) is 105 cm³/mol. The lowest BCUT2D eigenvalue weighted by Gasteiger charge is -2.42. The quantitative estimate of drug-likeness (QED) is 0.781. The lowest BCUT2D eigenvalue weighted by molar-refractivity contribution is -0.111. The number of nitriles is 1. The highest BCUT2D eigenvalue weighted by Gasteiger charge is 2.40. The van der Waals surface area contributed by atoms with Crippen LogP contribution >= 0.6 is 22.7 Å². The Hall–Kier alpha value is -1.94. The fourth-order valence-corrected chi connectivity index (χ4v) is 5.28. The predicted octanol–water partition coefficient (Wildman–Crippen LogP) is 4.49. The molecule has 2 aromatic rings. The number of anilines is 1. The van der Waals surface area contributed by atoms with Crippen LogP contribution in [-0.2, 0) is 16.8 Å². The van der Waals surface area contributed by atoms with Crippen molar-refractivity contribution < 1.29 is 4.79 Å². The van der Waals surface area contributed by atoms with Crippen molar-refractivity contribution in [2.75, 3.05) is 5.32 Å². The first-order valence-electron chi connectivity index (χ1n) is 8.10. The van der Waals surface area contributed by atoms with Gasteiger partial charge in [0.1, 0.15) is 11.1 Å². The first kappa shape index (κ1) is 17.9. The van der Waals surface area contributed by atoms with Gasteiger partial charge in [0, 0.05) is 26.9 Å². The van der Waals surface area contributed by atoms with Crippen molar-refractivity contribution >= 4 is 39.7 Å². The van der Waals surface area contributed by atoms with Crippen LogP contribution < -0.4 is 10.6 Å². The highest BCUT2D eigenvalue weighted by atomic mass is 32.1. The van der Waals surface area contributed by atoms with Crippen molar-refractivity contribution in [2.24, 2.45) is 0 Å². The van der Waals surface area contributed by atoms with Gasteiger partial charge in [0.2, 0.25) is 5.91 Å². The van der Waals surface area contributed by atoms with Gasteiger partial charge in [0.05, 0.1) is 5.56 Å². The molecular formula is C19H21N3OS2. The number of nitrogens with one attached hydrogen (secondary N) is 2. The topological polar surface area (TPSA) is 64.9 Å². The smallest absolute Gasteiger partial charge is 0.249 e. The summed E-state index contributed by atoms with van der Waals surface area (Å²) >= 11 is 3.07. The minimum atomic E-state index is -0.233. The number of hydrogen-bond donors (Lipinski definition) is 2. The summed E-state index contributed by atoms with van der Waals surface area (Å²) in [5, 5.41) is 18.8. The molecule has 0 spiro atoms. The molecule has 0 saturated heterocycles. The van der Waals surface area contributed by atoms with Gasteiger partial charge in [0.25, 0.3) is 0 Å². The molecular weight excluding hydrogens is 350 g/mol. The molecule has 3 heterocycles. The van der Waals surface area contributed by atoms with Crippen molar-refractivity contribution in [1.82, 2.24) is 5.32 Å². The fourth-order valence-electron chi connectivity index (χ4n) is 3.43. The number of carbonyl (C=O) groups excluding carboxylic acids is 1. The molecule has 25 heavy (non-hydrogen) atoms. The summed E-state index contributed by atoms with van der Waals surface area (Å²) in [5.41, 5.74) is 1.33. The molecule has 0 radical (unpaired) electrons. The fraction of sp³-hybridized carbons (Fsp3) is 0.368. The van der Waals surface area contributed by atoms with Crippen molar-refractivity contribution in [3.05, 3.63) is 44.5 Å². The Morgan fingerprint density at radius 2 is 2.16 bits per heavy atom. The summed E-state index contributed by atoms with van der Waals surface area (Å²) in [6, 6.07) is 6.20. The Morgan fingerprint density at radius 3 is 2.80 bits per heavy atom. The molecule has 2 N–H and O–H groups in total. The molecule has 0 bridgehead atoms. The maximum atomic E-state index is 12.3. The van der Waals surface area contributed by atoms with E-state index in [-0.39, 0.29) is 17.0 Å². The molecule has 1 amide bonds. The van der Waals surface area contributed by atoms with Gasteiger partial charge in [-0.3, -0.25) is 4.79 Å². The van der Waals surface area contributed by atoms with E-state index < -0.39 is 0 Å². The Kier molecular flexibility index (Phi) is 4.58. The SMILES string of the molecule is CC1(C)Cc2c(sc(NC(=O)C=Cc3cccs3)c2C#N)C(C)(C)N1. The highest BCUT2D eigenvalue weighted by molar-refractivity contribution is 7.17. The molecule has 0 unspecified atom stereocenters. The van der Waals surface area contributed by atoms with E-state index in [1.807, 2.05) is 17.5 Å². The second kappa shape index (κ2) is 6.41. The molecule has 1 aliphatic rings. The zero-order chi connectivity index (χ0) is 18.2. The van der Waals surface area contributed by atoms with E-state index in [1.54, 1.807) is 17.4 Å². The van der Waals surface area contributed by atoms with Crippen LogP contribution in [0.3, 0.4) is 0 Å². The molecule has 0 aromatic carbocycles. The number of fused-ring (bicyclic) bond motifs is 1. The lowest BCUT2D eigenvalue weighted by Crippen LogP contribution is -2.54. The van der Waals surface area contributed by atoms with Gasteiger partial charge in [-0.1, -0.05) is 6.07 Å². The summed E-state index contributed by atoms with van der Waals surface area (Å²) in [7, 11) is 0. The van der Waals surface area contributed by atoms with Crippen molar-refractivity contribution in [3.63, 3.8) is 0 Å². The first-order valence-corrected chi connectivity index (χ1v) is 9.80. The number of rotatable bonds is 3. The molecule has 0 aliphatic carbocycles. The Bertz CT molecular complexity index is 867. The normalized spacial score (nSPS) is 17.9. The Balaban J connectivity index is 1.90. The van der Waals surface area contributed by atoms with E-state index in [9.17, 15) is 10.1 Å². The lowest BCUT2D eigenvalue weighted by atomic mass is 9.81. The van der Waals surface area contributed by atoms with Crippen molar-refractivity contribution in [2.45, 2.75) is 45.2 Å². The van der Waals surface area contributed by atoms with Crippen molar-refractivity contribution in [3.8, 4) is 6.07 Å². The third kappa shape index (κ3) is 3.69. The molecule has 130 valence electrons. The van der Waals surface area contributed by atoms with Crippen LogP contribution in [0, 0.1) is 11.3 Å². The molecule has 4 nitrogen and oxygen atoms in total. The molecule has 3 rings (SSSR count). The summed E-state index contributed by atoms with van der Waals surface area (Å²) in [6.45, 7) is 8.51. The van der Waals surface area contributed by atoms with Crippen LogP contribution in [0.1, 0.15) is 48.6 Å². The molecule has 0 fully saturated rings. The minimum Gasteiger partial charge on any atom is -0.313 e. The van der Waals surface area contributed by atoms with Crippen LogP contribution in [-0.4, -0.2) is 11.4 Å². The third-order valence-electron chi connectivity index (χ3n) is 4.14. The van der Waals surface area contributed by atoms with Gasteiger partial charge >= 0.3 is 0 Å². The Labute approximate surface area is 156 Å². The standard InChI is InChI=1S/C19H21N3OS2/c1-18(2)10-13-14(11-20)17(25-16(13)19(3,4)22-18)21-15(23)8-7-12-6-5-9-24-12/h5-9,22H,10H2,1-4H3,(H,21,23). The molecule has 0 atom stereocenters. The third-order valence-corrected chi connectivity index (χ3v) is 6.44. The van der Waals surface area contributed by atoms with Crippen LogP contribution in [0.5, 0.6) is 0 Å². The second-order valence-corrected chi connectivity index (χ2v) is 9.37. The van der Waals surface area contributed by atoms with Gasteiger partial charge in [-0.05, 0) is 57.2 Å². The molecule has 0 saturated carbocycles. The number of hydrogen-bond acceptors (Lipinski definition) is 5. The maximum absolute atomic E-state index is 12.3. The van der Waals surface area contributed by atoms with Gasteiger partial charge in [-0.2, -0.15) is 5.26 Å². The van der Waals surface area contributed by atoms with Crippen LogP contribution in [0.2, 0.25) is 0 Å². The minimum absolute atomic E-state index is 0.0937. The average molecular weight is 372 g/mol. The van der Waals surface area contributed by atoms with Gasteiger partial charge in [0.15, 0.2) is 0 Å². The second-order valence-electron chi connectivity index (χ2n) is 7.37. The van der Waals surface area contributed by atoms with E-state index >= 15 is 0 Å². The number of amides is 1. The molecule has 1 aliphatic heterocycles.